The zero-order valence-corrected chi connectivity index (χ0v) is 9.38. The second-order valence-corrected chi connectivity index (χ2v) is 3.46. The van der Waals surface area contributed by atoms with Gasteiger partial charge in [0, 0.05) is 12.7 Å². The minimum atomic E-state index is -2.65. The zero-order chi connectivity index (χ0) is 13.7. The van der Waals surface area contributed by atoms with E-state index in [-0.39, 0.29) is 30.2 Å². The summed E-state index contributed by atoms with van der Waals surface area (Å²) in [5, 5.41) is 17.7. The van der Waals surface area contributed by atoms with E-state index >= 15 is 0 Å². The summed E-state index contributed by atoms with van der Waals surface area (Å²) in [7, 11) is 0. The molecule has 1 aromatic heterocycles. The summed E-state index contributed by atoms with van der Waals surface area (Å²) >= 11 is 0. The first-order valence-electron chi connectivity index (χ1n) is 5.09. The molecule has 18 heavy (non-hydrogen) atoms. The zero-order valence-electron chi connectivity index (χ0n) is 9.38. The van der Waals surface area contributed by atoms with Crippen LogP contribution in [0, 0.1) is 0 Å². The first kappa shape index (κ1) is 14.1. The summed E-state index contributed by atoms with van der Waals surface area (Å²) in [6.45, 7) is -1.16. The predicted molar refractivity (Wildman–Crippen MR) is 60.9 cm³/mol. The van der Waals surface area contributed by atoms with Crippen LogP contribution in [0.1, 0.15) is 10.4 Å². The Labute approximate surface area is 102 Å². The van der Waals surface area contributed by atoms with Crippen molar-refractivity contribution in [2.24, 2.45) is 0 Å². The number of pyridine rings is 1. The molecule has 0 saturated carbocycles. The number of carboxylic acids is 1. The number of aromatic nitrogens is 1. The van der Waals surface area contributed by atoms with E-state index in [9.17, 15) is 13.6 Å². The number of nitrogens with zero attached hydrogens (tertiary/aromatic N) is 2. The predicted octanol–water partition coefficient (Wildman–Crippen LogP) is 0.426. The van der Waals surface area contributed by atoms with Crippen LogP contribution in [0.25, 0.3) is 0 Å². The standard InChI is InChI=1S/C10H13F2N3O3/c11-7(12)5-15(3-4-16)9-8(13)6(10(17)18)1-2-14-9/h1-2,7,16H,3-5,13H2,(H,17,18). The number of anilines is 2. The van der Waals surface area contributed by atoms with Crippen LogP contribution < -0.4 is 10.6 Å². The molecule has 0 fully saturated rings. The average molecular weight is 261 g/mol. The fourth-order valence-electron chi connectivity index (χ4n) is 1.47. The normalized spacial score (nSPS) is 10.7. The molecule has 6 nitrogen and oxygen atoms in total. The summed E-state index contributed by atoms with van der Waals surface area (Å²) in [6, 6.07) is 1.18. The van der Waals surface area contributed by atoms with Gasteiger partial charge in [-0.2, -0.15) is 0 Å². The topological polar surface area (TPSA) is 99.7 Å². The fraction of sp³-hybridized carbons (Fsp3) is 0.400. The van der Waals surface area contributed by atoms with E-state index in [2.05, 4.69) is 4.98 Å². The number of nitrogens with two attached hydrogens (primary N) is 1. The van der Waals surface area contributed by atoms with Crippen LogP contribution in [-0.2, 0) is 0 Å². The molecule has 0 spiro atoms. The number of nitrogen functional groups attached to an aromatic ring is 1. The molecular weight excluding hydrogens is 248 g/mol. The first-order chi connectivity index (χ1) is 8.47. The molecule has 1 rings (SSSR count). The largest absolute Gasteiger partial charge is 0.478 e. The van der Waals surface area contributed by atoms with Gasteiger partial charge in [-0.05, 0) is 6.07 Å². The molecule has 0 aliphatic heterocycles. The Morgan fingerprint density at radius 1 is 1.56 bits per heavy atom. The highest BCUT2D eigenvalue weighted by atomic mass is 19.3. The van der Waals surface area contributed by atoms with Gasteiger partial charge in [0.15, 0.2) is 5.82 Å². The number of rotatable bonds is 6. The second-order valence-electron chi connectivity index (χ2n) is 3.46. The molecule has 0 aliphatic carbocycles. The number of hydrogen-bond acceptors (Lipinski definition) is 5. The van der Waals surface area contributed by atoms with Gasteiger partial charge in [-0.25, -0.2) is 18.6 Å². The van der Waals surface area contributed by atoms with Crippen molar-refractivity contribution >= 4 is 17.5 Å². The van der Waals surface area contributed by atoms with Gasteiger partial charge in [0.1, 0.15) is 0 Å². The van der Waals surface area contributed by atoms with Crippen molar-refractivity contribution in [1.29, 1.82) is 0 Å². The van der Waals surface area contributed by atoms with E-state index in [1.54, 1.807) is 0 Å². The summed E-state index contributed by atoms with van der Waals surface area (Å²) in [6.07, 6.45) is -1.48. The van der Waals surface area contributed by atoms with Crippen LogP contribution in [0.3, 0.4) is 0 Å². The Morgan fingerprint density at radius 3 is 2.72 bits per heavy atom. The third kappa shape index (κ3) is 3.27. The van der Waals surface area contributed by atoms with E-state index in [0.29, 0.717) is 0 Å². The molecule has 1 aromatic rings. The molecule has 0 radical (unpaired) electrons. The monoisotopic (exact) mass is 261 g/mol. The van der Waals surface area contributed by atoms with Crippen molar-refractivity contribution in [3.05, 3.63) is 17.8 Å². The van der Waals surface area contributed by atoms with Crippen molar-refractivity contribution in [3.8, 4) is 0 Å². The number of aliphatic hydroxyl groups excluding tert-OH is 1. The Morgan fingerprint density at radius 2 is 2.22 bits per heavy atom. The van der Waals surface area contributed by atoms with Crippen molar-refractivity contribution in [2.75, 3.05) is 30.3 Å². The molecule has 8 heteroatoms. The lowest BCUT2D eigenvalue weighted by molar-refractivity contribution is 0.0698. The minimum absolute atomic E-state index is 0.0655. The highest BCUT2D eigenvalue weighted by Crippen LogP contribution is 2.24. The molecule has 0 aliphatic rings. The fourth-order valence-corrected chi connectivity index (χ4v) is 1.47. The second kappa shape index (κ2) is 6.10. The summed E-state index contributed by atoms with van der Waals surface area (Å²) < 4.78 is 24.8. The number of carbonyl (C=O) groups is 1. The van der Waals surface area contributed by atoms with E-state index < -0.39 is 18.9 Å². The number of hydrogen-bond donors (Lipinski definition) is 3. The van der Waals surface area contributed by atoms with Gasteiger partial charge in [0.2, 0.25) is 0 Å². The minimum Gasteiger partial charge on any atom is -0.478 e. The smallest absolute Gasteiger partial charge is 0.337 e. The molecule has 100 valence electrons. The third-order valence-electron chi connectivity index (χ3n) is 2.23. The maximum atomic E-state index is 12.4. The van der Waals surface area contributed by atoms with Gasteiger partial charge in [0.05, 0.1) is 24.4 Å². The van der Waals surface area contributed by atoms with Crippen LogP contribution in [0.2, 0.25) is 0 Å². The molecule has 0 amide bonds. The van der Waals surface area contributed by atoms with Gasteiger partial charge in [-0.1, -0.05) is 0 Å². The van der Waals surface area contributed by atoms with Crippen molar-refractivity contribution < 1.29 is 23.8 Å². The molecular formula is C10H13F2N3O3. The first-order valence-corrected chi connectivity index (χ1v) is 5.09. The Bertz CT molecular complexity index is 429. The molecule has 4 N–H and O–H groups in total. The SMILES string of the molecule is Nc1c(C(=O)O)ccnc1N(CCO)CC(F)F. The van der Waals surface area contributed by atoms with E-state index in [1.165, 1.54) is 12.3 Å². The van der Waals surface area contributed by atoms with Gasteiger partial charge >= 0.3 is 5.97 Å². The van der Waals surface area contributed by atoms with Crippen LogP contribution in [0.15, 0.2) is 12.3 Å². The number of aliphatic hydroxyl groups is 1. The number of alkyl halides is 2. The van der Waals surface area contributed by atoms with Crippen molar-refractivity contribution in [3.63, 3.8) is 0 Å². The quantitative estimate of drug-likeness (QED) is 0.686. The van der Waals surface area contributed by atoms with E-state index in [1.807, 2.05) is 0 Å². The number of carboxylic acid groups (broad SMARTS) is 1. The summed E-state index contributed by atoms with van der Waals surface area (Å²) in [4.78, 5) is 15.7. The third-order valence-corrected chi connectivity index (χ3v) is 2.23. The van der Waals surface area contributed by atoms with Gasteiger partial charge in [-0.15, -0.1) is 0 Å². The summed E-state index contributed by atoms with van der Waals surface area (Å²) in [5.41, 5.74) is 5.17. The van der Waals surface area contributed by atoms with Crippen LogP contribution in [0.4, 0.5) is 20.3 Å². The highest BCUT2D eigenvalue weighted by Gasteiger charge is 2.19. The maximum Gasteiger partial charge on any atom is 0.337 e. The Hall–Kier alpha value is -1.96. The van der Waals surface area contributed by atoms with Crippen molar-refractivity contribution in [1.82, 2.24) is 4.98 Å². The molecule has 0 aromatic carbocycles. The van der Waals surface area contributed by atoms with E-state index in [4.69, 9.17) is 15.9 Å². The van der Waals surface area contributed by atoms with Gasteiger partial charge in [0.25, 0.3) is 6.43 Å². The van der Waals surface area contributed by atoms with Crippen LogP contribution in [-0.4, -0.2) is 47.3 Å². The lowest BCUT2D eigenvalue weighted by atomic mass is 10.2. The Balaban J connectivity index is 3.11. The maximum absolute atomic E-state index is 12.4. The molecule has 0 saturated heterocycles. The van der Waals surface area contributed by atoms with Crippen molar-refractivity contribution in [2.45, 2.75) is 6.43 Å². The molecule has 0 unspecified atom stereocenters. The van der Waals surface area contributed by atoms with E-state index in [0.717, 1.165) is 4.90 Å². The lowest BCUT2D eigenvalue weighted by Gasteiger charge is -2.24. The lowest BCUT2D eigenvalue weighted by Crippen LogP contribution is -2.33. The molecule has 1 heterocycles. The van der Waals surface area contributed by atoms with Crippen LogP contribution in [0.5, 0.6) is 0 Å². The van der Waals surface area contributed by atoms with Gasteiger partial charge in [-0.3, -0.25) is 0 Å². The van der Waals surface area contributed by atoms with Crippen LogP contribution >= 0.6 is 0 Å². The summed E-state index contributed by atoms with van der Waals surface area (Å²) in [5.74, 6) is -1.33. The Kier molecular flexibility index (Phi) is 4.78. The molecule has 0 atom stereocenters. The number of halogens is 2. The van der Waals surface area contributed by atoms with Gasteiger partial charge < -0.3 is 20.8 Å². The highest BCUT2D eigenvalue weighted by molar-refractivity contribution is 5.96. The molecule has 0 bridgehead atoms. The number of aromatic carboxylic acids is 1. The average Bonchev–Trinajstić information content (AvgIpc) is 2.27.